The Hall–Kier alpha value is -1.30. The first-order valence-corrected chi connectivity index (χ1v) is 6.36. The molecule has 0 spiro atoms. The van der Waals surface area contributed by atoms with Crippen LogP contribution < -0.4 is 0 Å². The highest BCUT2D eigenvalue weighted by Gasteiger charge is 2.19. The molecule has 0 amide bonds. The van der Waals surface area contributed by atoms with Crippen molar-refractivity contribution in [1.29, 1.82) is 0 Å². The average Bonchev–Trinajstić information content (AvgIpc) is 2.21. The summed E-state index contributed by atoms with van der Waals surface area (Å²) in [6.45, 7) is 1.38. The molecule has 0 aliphatic heterocycles. The van der Waals surface area contributed by atoms with E-state index in [1.165, 1.54) is 6.92 Å². The van der Waals surface area contributed by atoms with E-state index in [-0.39, 0.29) is 5.75 Å². The Morgan fingerprint density at radius 2 is 1.94 bits per heavy atom. The number of ketones is 1. The third-order valence-corrected chi connectivity index (χ3v) is 3.60. The molecule has 0 saturated heterocycles. The molecule has 0 unspecified atom stereocenters. The molecule has 1 aromatic carbocycles. The number of rotatable bonds is 4. The van der Waals surface area contributed by atoms with Gasteiger partial charge in [0.15, 0.2) is 15.6 Å². The SMILES string of the molecule is CCS(=O)(=O)CC(=O)c1cc(F)ccc1F. The Labute approximate surface area is 92.0 Å². The molecule has 0 aromatic heterocycles. The molecular formula is C10H10F2O3S. The van der Waals surface area contributed by atoms with Crippen LogP contribution in [-0.2, 0) is 9.84 Å². The highest BCUT2D eigenvalue weighted by Crippen LogP contribution is 2.11. The minimum Gasteiger partial charge on any atom is -0.293 e. The summed E-state index contributed by atoms with van der Waals surface area (Å²) < 4.78 is 48.2. The number of hydrogen-bond donors (Lipinski definition) is 0. The van der Waals surface area contributed by atoms with Gasteiger partial charge >= 0.3 is 0 Å². The first-order valence-electron chi connectivity index (χ1n) is 4.54. The van der Waals surface area contributed by atoms with Crippen LogP contribution in [0.4, 0.5) is 8.78 Å². The Morgan fingerprint density at radius 3 is 2.50 bits per heavy atom. The number of carbonyl (C=O) groups excluding carboxylic acids is 1. The fourth-order valence-electron chi connectivity index (χ4n) is 1.09. The van der Waals surface area contributed by atoms with Gasteiger partial charge in [0.25, 0.3) is 0 Å². The second-order valence-electron chi connectivity index (χ2n) is 3.22. The van der Waals surface area contributed by atoms with Crippen molar-refractivity contribution in [2.75, 3.05) is 11.5 Å². The largest absolute Gasteiger partial charge is 0.293 e. The summed E-state index contributed by atoms with van der Waals surface area (Å²) in [6.07, 6.45) is 0. The van der Waals surface area contributed by atoms with Crippen LogP contribution in [0.1, 0.15) is 17.3 Å². The van der Waals surface area contributed by atoms with Crippen molar-refractivity contribution >= 4 is 15.6 Å². The van der Waals surface area contributed by atoms with Gasteiger partial charge in [-0.25, -0.2) is 17.2 Å². The molecule has 0 heterocycles. The summed E-state index contributed by atoms with van der Waals surface area (Å²) in [5.74, 6) is -3.64. The lowest BCUT2D eigenvalue weighted by molar-refractivity contribution is 0.101. The van der Waals surface area contributed by atoms with E-state index >= 15 is 0 Å². The molecule has 16 heavy (non-hydrogen) atoms. The Kier molecular flexibility index (Phi) is 3.74. The molecule has 0 aliphatic rings. The van der Waals surface area contributed by atoms with Gasteiger partial charge in [0.2, 0.25) is 0 Å². The standard InChI is InChI=1S/C10H10F2O3S/c1-2-16(14,15)6-10(13)8-5-7(11)3-4-9(8)12/h3-5H,2,6H2,1H3. The van der Waals surface area contributed by atoms with Gasteiger partial charge in [0, 0.05) is 5.75 Å². The first-order chi connectivity index (χ1) is 7.35. The summed E-state index contributed by atoms with van der Waals surface area (Å²) in [7, 11) is -3.54. The Balaban J connectivity index is 3.02. The zero-order valence-corrected chi connectivity index (χ0v) is 9.35. The zero-order chi connectivity index (χ0) is 12.3. The first kappa shape index (κ1) is 12.8. The molecule has 6 heteroatoms. The van der Waals surface area contributed by atoms with E-state index in [4.69, 9.17) is 0 Å². The van der Waals surface area contributed by atoms with Crippen molar-refractivity contribution in [2.45, 2.75) is 6.92 Å². The molecule has 88 valence electrons. The topological polar surface area (TPSA) is 51.2 Å². The molecule has 0 saturated carbocycles. The van der Waals surface area contributed by atoms with Crippen LogP contribution in [0.5, 0.6) is 0 Å². The van der Waals surface area contributed by atoms with Gasteiger partial charge in [-0.15, -0.1) is 0 Å². The van der Waals surface area contributed by atoms with E-state index < -0.39 is 38.6 Å². The lowest BCUT2D eigenvalue weighted by Gasteiger charge is -2.02. The summed E-state index contributed by atoms with van der Waals surface area (Å²) in [4.78, 5) is 11.4. The third-order valence-electron chi connectivity index (χ3n) is 2.02. The second kappa shape index (κ2) is 4.69. The molecule has 0 radical (unpaired) electrons. The van der Waals surface area contributed by atoms with Crippen molar-refractivity contribution < 1.29 is 22.0 Å². The molecule has 1 aromatic rings. The summed E-state index contributed by atoms with van der Waals surface area (Å²) in [6, 6.07) is 2.35. The van der Waals surface area contributed by atoms with Gasteiger partial charge in [-0.1, -0.05) is 6.92 Å². The highest BCUT2D eigenvalue weighted by molar-refractivity contribution is 7.92. The number of halogens is 2. The number of benzene rings is 1. The normalized spacial score (nSPS) is 11.4. The van der Waals surface area contributed by atoms with E-state index in [0.29, 0.717) is 6.07 Å². The summed E-state index contributed by atoms with van der Waals surface area (Å²) >= 11 is 0. The van der Waals surface area contributed by atoms with E-state index in [0.717, 1.165) is 12.1 Å². The fraction of sp³-hybridized carbons (Fsp3) is 0.300. The number of hydrogen-bond acceptors (Lipinski definition) is 3. The van der Waals surface area contributed by atoms with Crippen LogP contribution in [0.3, 0.4) is 0 Å². The van der Waals surface area contributed by atoms with Gasteiger partial charge in [0.05, 0.1) is 5.56 Å². The van der Waals surface area contributed by atoms with Crippen molar-refractivity contribution in [3.8, 4) is 0 Å². The average molecular weight is 248 g/mol. The van der Waals surface area contributed by atoms with Crippen molar-refractivity contribution in [2.24, 2.45) is 0 Å². The van der Waals surface area contributed by atoms with E-state index in [9.17, 15) is 22.0 Å². The second-order valence-corrected chi connectivity index (χ2v) is 5.58. The van der Waals surface area contributed by atoms with E-state index in [1.54, 1.807) is 0 Å². The minimum absolute atomic E-state index is 0.213. The van der Waals surface area contributed by atoms with Crippen molar-refractivity contribution in [1.82, 2.24) is 0 Å². The quantitative estimate of drug-likeness (QED) is 0.760. The predicted octanol–water partition coefficient (Wildman–Crippen LogP) is 1.58. The monoisotopic (exact) mass is 248 g/mol. The smallest absolute Gasteiger partial charge is 0.180 e. The van der Waals surface area contributed by atoms with Crippen LogP contribution >= 0.6 is 0 Å². The van der Waals surface area contributed by atoms with E-state index in [2.05, 4.69) is 0 Å². The van der Waals surface area contributed by atoms with E-state index in [1.807, 2.05) is 0 Å². The van der Waals surface area contributed by atoms with Crippen LogP contribution in [0.25, 0.3) is 0 Å². The van der Waals surface area contributed by atoms with Gasteiger partial charge in [-0.3, -0.25) is 4.79 Å². The lowest BCUT2D eigenvalue weighted by Crippen LogP contribution is -2.18. The predicted molar refractivity (Wildman–Crippen MR) is 55.0 cm³/mol. The molecule has 0 aliphatic carbocycles. The van der Waals surface area contributed by atoms with Crippen LogP contribution in [0, 0.1) is 11.6 Å². The number of sulfone groups is 1. The van der Waals surface area contributed by atoms with Crippen molar-refractivity contribution in [3.63, 3.8) is 0 Å². The molecular weight excluding hydrogens is 238 g/mol. The lowest BCUT2D eigenvalue weighted by atomic mass is 10.1. The van der Waals surface area contributed by atoms with Crippen LogP contribution in [0.15, 0.2) is 18.2 Å². The third kappa shape index (κ3) is 3.10. The summed E-state index contributed by atoms with van der Waals surface area (Å²) in [5, 5.41) is 0. The van der Waals surface area contributed by atoms with Gasteiger partial charge in [-0.2, -0.15) is 0 Å². The maximum absolute atomic E-state index is 13.1. The fourth-order valence-corrected chi connectivity index (χ4v) is 1.85. The molecule has 0 atom stereocenters. The maximum atomic E-state index is 13.1. The Bertz CT molecular complexity index is 509. The van der Waals surface area contributed by atoms with Gasteiger partial charge in [-0.05, 0) is 18.2 Å². The Morgan fingerprint density at radius 1 is 1.31 bits per heavy atom. The van der Waals surface area contributed by atoms with Gasteiger partial charge < -0.3 is 0 Å². The maximum Gasteiger partial charge on any atom is 0.180 e. The minimum atomic E-state index is -3.54. The van der Waals surface area contributed by atoms with Crippen LogP contribution in [0.2, 0.25) is 0 Å². The molecule has 3 nitrogen and oxygen atoms in total. The molecule has 0 N–H and O–H groups in total. The number of Topliss-reactive ketones (excluding diaryl/α,β-unsaturated/α-hetero) is 1. The zero-order valence-electron chi connectivity index (χ0n) is 8.54. The molecule has 0 fully saturated rings. The molecule has 1 rings (SSSR count). The molecule has 0 bridgehead atoms. The van der Waals surface area contributed by atoms with Crippen LogP contribution in [-0.4, -0.2) is 25.7 Å². The van der Waals surface area contributed by atoms with Gasteiger partial charge in [0.1, 0.15) is 17.4 Å². The van der Waals surface area contributed by atoms with Crippen molar-refractivity contribution in [3.05, 3.63) is 35.4 Å². The number of carbonyl (C=O) groups is 1. The highest BCUT2D eigenvalue weighted by atomic mass is 32.2. The summed E-state index contributed by atoms with van der Waals surface area (Å²) in [5.41, 5.74) is -0.531.